The molecule has 3 heterocycles. The molecule has 0 atom stereocenters. The number of hydrogen-bond donors (Lipinski definition) is 0. The van der Waals surface area contributed by atoms with E-state index in [1.165, 1.54) is 5.56 Å². The zero-order valence-corrected chi connectivity index (χ0v) is 18.9. The summed E-state index contributed by atoms with van der Waals surface area (Å²) >= 11 is 0. The Kier molecular flexibility index (Phi) is 6.66. The summed E-state index contributed by atoms with van der Waals surface area (Å²) < 4.78 is 1.91. The zero-order chi connectivity index (χ0) is 21.8. The van der Waals surface area contributed by atoms with Crippen molar-refractivity contribution < 1.29 is 4.79 Å². The number of rotatable bonds is 6. The minimum atomic E-state index is 0.0929. The van der Waals surface area contributed by atoms with E-state index in [-0.39, 0.29) is 11.9 Å². The summed E-state index contributed by atoms with van der Waals surface area (Å²) in [5.74, 6) is 0.0929. The van der Waals surface area contributed by atoms with Crippen LogP contribution in [0.25, 0.3) is 11.0 Å². The van der Waals surface area contributed by atoms with Gasteiger partial charge in [0.25, 0.3) is 5.91 Å². The van der Waals surface area contributed by atoms with Crippen LogP contribution in [-0.4, -0.2) is 63.2 Å². The molecular formula is C25H33N5O. The van der Waals surface area contributed by atoms with Crippen LogP contribution in [0, 0.1) is 6.92 Å². The Labute approximate surface area is 184 Å². The van der Waals surface area contributed by atoms with Crippen LogP contribution in [0.2, 0.25) is 0 Å². The van der Waals surface area contributed by atoms with Crippen molar-refractivity contribution in [3.63, 3.8) is 0 Å². The highest BCUT2D eigenvalue weighted by Gasteiger charge is 2.23. The van der Waals surface area contributed by atoms with Crippen LogP contribution in [-0.2, 0) is 6.42 Å². The maximum atomic E-state index is 13.3. The number of aromatic nitrogens is 3. The Morgan fingerprint density at radius 2 is 1.90 bits per heavy atom. The van der Waals surface area contributed by atoms with Gasteiger partial charge in [-0.3, -0.25) is 4.79 Å². The van der Waals surface area contributed by atoms with Crippen molar-refractivity contribution in [2.24, 2.45) is 0 Å². The van der Waals surface area contributed by atoms with Gasteiger partial charge in [0.1, 0.15) is 0 Å². The summed E-state index contributed by atoms with van der Waals surface area (Å²) in [5.41, 5.74) is 3.73. The molecule has 164 valence electrons. The van der Waals surface area contributed by atoms with Crippen molar-refractivity contribution in [2.45, 2.75) is 46.1 Å². The largest absolute Gasteiger partial charge is 0.337 e. The fourth-order valence-corrected chi connectivity index (χ4v) is 4.38. The van der Waals surface area contributed by atoms with E-state index in [0.717, 1.165) is 68.7 Å². The van der Waals surface area contributed by atoms with Gasteiger partial charge in [0.05, 0.1) is 17.5 Å². The van der Waals surface area contributed by atoms with Gasteiger partial charge < -0.3 is 9.80 Å². The third-order valence-electron chi connectivity index (χ3n) is 6.14. The van der Waals surface area contributed by atoms with Crippen LogP contribution < -0.4 is 0 Å². The van der Waals surface area contributed by atoms with Gasteiger partial charge in [-0.1, -0.05) is 30.3 Å². The third-order valence-corrected chi connectivity index (χ3v) is 6.14. The Bertz CT molecular complexity index is 1030. The van der Waals surface area contributed by atoms with Crippen LogP contribution in [0.1, 0.15) is 54.3 Å². The average Bonchev–Trinajstić information content (AvgIpc) is 3.03. The van der Waals surface area contributed by atoms with Gasteiger partial charge in [-0.05, 0) is 64.8 Å². The highest BCUT2D eigenvalue weighted by Crippen LogP contribution is 2.21. The first kappa shape index (κ1) is 21.5. The first-order valence-electron chi connectivity index (χ1n) is 11.4. The van der Waals surface area contributed by atoms with E-state index < -0.39 is 0 Å². The number of aryl methyl sites for hydroxylation is 2. The third kappa shape index (κ3) is 4.96. The van der Waals surface area contributed by atoms with E-state index in [4.69, 9.17) is 4.98 Å². The van der Waals surface area contributed by atoms with Crippen molar-refractivity contribution in [3.05, 3.63) is 59.4 Å². The van der Waals surface area contributed by atoms with Crippen LogP contribution >= 0.6 is 0 Å². The molecule has 0 N–H and O–H groups in total. The van der Waals surface area contributed by atoms with Gasteiger partial charge in [0, 0.05) is 31.1 Å². The summed E-state index contributed by atoms with van der Waals surface area (Å²) in [6.07, 6.45) is 5.08. The lowest BCUT2D eigenvalue weighted by Gasteiger charge is -2.22. The van der Waals surface area contributed by atoms with Gasteiger partial charge in [-0.15, -0.1) is 0 Å². The maximum absolute atomic E-state index is 13.3. The summed E-state index contributed by atoms with van der Waals surface area (Å²) in [7, 11) is 0. The summed E-state index contributed by atoms with van der Waals surface area (Å²) in [5, 5.41) is 5.38. The second-order valence-corrected chi connectivity index (χ2v) is 8.79. The molecule has 0 spiro atoms. The smallest absolute Gasteiger partial charge is 0.255 e. The Morgan fingerprint density at radius 1 is 1.10 bits per heavy atom. The summed E-state index contributed by atoms with van der Waals surface area (Å²) in [6.45, 7) is 10.7. The van der Waals surface area contributed by atoms with E-state index in [0.29, 0.717) is 5.56 Å². The molecule has 1 saturated heterocycles. The van der Waals surface area contributed by atoms with Gasteiger partial charge in [-0.2, -0.15) is 5.10 Å². The number of carbonyl (C=O) groups excluding carboxylic acids is 1. The number of nitrogens with zero attached hydrogens (tertiary/aromatic N) is 5. The number of fused-ring (bicyclic) bond motifs is 1. The lowest BCUT2D eigenvalue weighted by Crippen LogP contribution is -2.36. The molecule has 6 nitrogen and oxygen atoms in total. The fourth-order valence-electron chi connectivity index (χ4n) is 4.38. The van der Waals surface area contributed by atoms with Crippen molar-refractivity contribution >= 4 is 16.9 Å². The van der Waals surface area contributed by atoms with E-state index in [1.807, 2.05) is 28.8 Å². The molecule has 0 bridgehead atoms. The van der Waals surface area contributed by atoms with E-state index in [9.17, 15) is 4.79 Å². The van der Waals surface area contributed by atoms with Gasteiger partial charge in [0.15, 0.2) is 5.65 Å². The molecule has 1 aliphatic rings. The number of carbonyl (C=O) groups is 1. The lowest BCUT2D eigenvalue weighted by atomic mass is 10.1. The Morgan fingerprint density at radius 3 is 2.68 bits per heavy atom. The summed E-state index contributed by atoms with van der Waals surface area (Å²) in [4.78, 5) is 22.5. The zero-order valence-electron chi connectivity index (χ0n) is 18.9. The molecule has 3 aromatic rings. The molecule has 0 aliphatic carbocycles. The highest BCUT2D eigenvalue weighted by molar-refractivity contribution is 5.98. The molecule has 1 amide bonds. The monoisotopic (exact) mass is 419 g/mol. The number of hydrogen-bond acceptors (Lipinski definition) is 4. The predicted octanol–water partition coefficient (Wildman–Crippen LogP) is 4.10. The first-order valence-corrected chi connectivity index (χ1v) is 11.4. The molecule has 1 aromatic carbocycles. The molecule has 0 unspecified atom stereocenters. The van der Waals surface area contributed by atoms with Gasteiger partial charge in [0.2, 0.25) is 0 Å². The SMILES string of the molecule is Cc1nc2c(cnn2C(C)C)cc1C(=O)N1CCCN(CCCc2ccccc2)CC1. The molecule has 2 aromatic heterocycles. The average molecular weight is 420 g/mol. The van der Waals surface area contributed by atoms with E-state index in [1.54, 1.807) is 0 Å². The maximum Gasteiger partial charge on any atom is 0.255 e. The minimum Gasteiger partial charge on any atom is -0.337 e. The molecule has 4 rings (SSSR count). The number of pyridine rings is 1. The summed E-state index contributed by atoms with van der Waals surface area (Å²) in [6, 6.07) is 12.9. The van der Waals surface area contributed by atoms with Gasteiger partial charge in [-0.25, -0.2) is 9.67 Å². The van der Waals surface area contributed by atoms with E-state index >= 15 is 0 Å². The topological polar surface area (TPSA) is 54.3 Å². The van der Waals surface area contributed by atoms with Crippen molar-refractivity contribution in [1.82, 2.24) is 24.6 Å². The predicted molar refractivity (Wildman–Crippen MR) is 124 cm³/mol. The van der Waals surface area contributed by atoms with Crippen LogP contribution in [0.15, 0.2) is 42.6 Å². The molecule has 0 saturated carbocycles. The standard InChI is InChI=1S/C25H33N5O/c1-19(2)30-24-22(18-26-30)17-23(20(3)27-24)25(31)29-14-8-13-28(15-16-29)12-7-11-21-9-5-4-6-10-21/h4-6,9-10,17-19H,7-8,11-16H2,1-3H3. The minimum absolute atomic E-state index is 0.0929. The molecule has 31 heavy (non-hydrogen) atoms. The van der Waals surface area contributed by atoms with E-state index in [2.05, 4.69) is 54.2 Å². The van der Waals surface area contributed by atoms with Crippen LogP contribution in [0.5, 0.6) is 0 Å². The fraction of sp³-hybridized carbons (Fsp3) is 0.480. The lowest BCUT2D eigenvalue weighted by molar-refractivity contribution is 0.0760. The normalized spacial score (nSPS) is 15.5. The van der Waals surface area contributed by atoms with Crippen LogP contribution in [0.4, 0.5) is 0 Å². The van der Waals surface area contributed by atoms with Crippen molar-refractivity contribution in [3.8, 4) is 0 Å². The quantitative estimate of drug-likeness (QED) is 0.604. The number of amides is 1. The molecular weight excluding hydrogens is 386 g/mol. The number of benzene rings is 1. The van der Waals surface area contributed by atoms with Crippen molar-refractivity contribution in [1.29, 1.82) is 0 Å². The Hall–Kier alpha value is -2.73. The van der Waals surface area contributed by atoms with Crippen LogP contribution in [0.3, 0.4) is 0 Å². The molecule has 6 heteroatoms. The van der Waals surface area contributed by atoms with Crippen molar-refractivity contribution in [2.75, 3.05) is 32.7 Å². The second kappa shape index (κ2) is 9.60. The molecule has 1 fully saturated rings. The molecule has 1 aliphatic heterocycles. The Balaban J connectivity index is 1.37. The van der Waals surface area contributed by atoms with Gasteiger partial charge >= 0.3 is 0 Å². The first-order chi connectivity index (χ1) is 15.0. The molecule has 0 radical (unpaired) electrons. The highest BCUT2D eigenvalue weighted by atomic mass is 16.2. The second-order valence-electron chi connectivity index (χ2n) is 8.79.